The fourth-order valence-corrected chi connectivity index (χ4v) is 3.39. The van der Waals surface area contributed by atoms with Crippen molar-refractivity contribution in [1.29, 1.82) is 0 Å². The first-order chi connectivity index (χ1) is 7.99. The molecule has 6 nitrogen and oxygen atoms in total. The van der Waals surface area contributed by atoms with Gasteiger partial charge in [-0.25, -0.2) is 13.6 Å². The largest absolute Gasteiger partial charge is 0.381 e. The van der Waals surface area contributed by atoms with Gasteiger partial charge in [-0.05, 0) is 12.8 Å². The quantitative estimate of drug-likeness (QED) is 0.723. The maximum atomic E-state index is 11.3. The highest BCUT2D eigenvalue weighted by molar-refractivity contribution is 7.89. The summed E-state index contributed by atoms with van der Waals surface area (Å²) in [5.41, 5.74) is -0.387. The van der Waals surface area contributed by atoms with Crippen molar-refractivity contribution in [1.82, 2.24) is 0 Å². The SMILES string of the molecule is NS(=O)(=O)CC1(COC2COC2)CCOCC1. The highest BCUT2D eigenvalue weighted by Gasteiger charge is 2.38. The Balaban J connectivity index is 1.95. The van der Waals surface area contributed by atoms with Crippen LogP contribution < -0.4 is 5.14 Å². The predicted octanol–water partition coefficient (Wildman–Crippen LogP) is -0.513. The molecule has 0 bridgehead atoms. The Kier molecular flexibility index (Phi) is 4.04. The Hall–Kier alpha value is -0.210. The van der Waals surface area contributed by atoms with Crippen LogP contribution in [-0.2, 0) is 24.2 Å². The van der Waals surface area contributed by atoms with Crippen molar-refractivity contribution in [2.45, 2.75) is 18.9 Å². The Labute approximate surface area is 101 Å². The third-order valence-electron chi connectivity index (χ3n) is 3.29. The minimum Gasteiger partial charge on any atom is -0.381 e. The van der Waals surface area contributed by atoms with Crippen LogP contribution >= 0.6 is 0 Å². The zero-order chi connectivity index (χ0) is 12.4. The van der Waals surface area contributed by atoms with Gasteiger partial charge in [-0.3, -0.25) is 0 Å². The first-order valence-corrected chi connectivity index (χ1v) is 7.48. The Morgan fingerprint density at radius 1 is 1.24 bits per heavy atom. The molecule has 0 aliphatic carbocycles. The van der Waals surface area contributed by atoms with E-state index in [9.17, 15) is 8.42 Å². The van der Waals surface area contributed by atoms with E-state index in [4.69, 9.17) is 19.3 Å². The molecule has 2 heterocycles. The van der Waals surface area contributed by atoms with Crippen LogP contribution in [0.1, 0.15) is 12.8 Å². The average Bonchev–Trinajstić information content (AvgIpc) is 2.13. The summed E-state index contributed by atoms with van der Waals surface area (Å²) < 4.78 is 38.5. The van der Waals surface area contributed by atoms with Gasteiger partial charge in [0.15, 0.2) is 0 Å². The second-order valence-electron chi connectivity index (χ2n) is 4.89. The molecule has 0 aromatic rings. The first kappa shape index (κ1) is 13.2. The van der Waals surface area contributed by atoms with Crippen molar-refractivity contribution >= 4 is 10.0 Å². The third-order valence-corrected chi connectivity index (χ3v) is 4.31. The van der Waals surface area contributed by atoms with E-state index in [1.165, 1.54) is 0 Å². The minimum atomic E-state index is -3.49. The summed E-state index contributed by atoms with van der Waals surface area (Å²) in [5.74, 6) is -0.0308. The van der Waals surface area contributed by atoms with Crippen LogP contribution in [0.15, 0.2) is 0 Å². The van der Waals surface area contributed by atoms with Gasteiger partial charge in [0.2, 0.25) is 10.0 Å². The molecule has 0 aromatic heterocycles. The van der Waals surface area contributed by atoms with E-state index in [0.717, 1.165) is 0 Å². The monoisotopic (exact) mass is 265 g/mol. The molecule has 2 rings (SSSR count). The number of hydrogen-bond donors (Lipinski definition) is 1. The topological polar surface area (TPSA) is 87.9 Å². The molecule has 17 heavy (non-hydrogen) atoms. The normalized spacial score (nSPS) is 25.5. The summed E-state index contributed by atoms with van der Waals surface area (Å²) in [6.45, 7) is 2.75. The molecule has 2 aliphatic heterocycles. The Morgan fingerprint density at radius 3 is 2.35 bits per heavy atom. The molecular formula is C10H19NO5S. The van der Waals surface area contributed by atoms with Crippen LogP contribution in [0.25, 0.3) is 0 Å². The predicted molar refractivity (Wildman–Crippen MR) is 61.0 cm³/mol. The molecule has 0 spiro atoms. The number of ether oxygens (including phenoxy) is 3. The molecule has 0 amide bonds. The molecule has 0 aromatic carbocycles. The molecule has 2 fully saturated rings. The maximum Gasteiger partial charge on any atom is 0.209 e. The van der Waals surface area contributed by atoms with Gasteiger partial charge in [-0.15, -0.1) is 0 Å². The van der Waals surface area contributed by atoms with E-state index in [1.54, 1.807) is 0 Å². The molecule has 0 unspecified atom stereocenters. The van der Waals surface area contributed by atoms with Gasteiger partial charge in [0.1, 0.15) is 6.10 Å². The number of rotatable bonds is 5. The summed E-state index contributed by atoms with van der Waals surface area (Å²) in [7, 11) is -3.49. The fraction of sp³-hybridized carbons (Fsp3) is 1.00. The summed E-state index contributed by atoms with van der Waals surface area (Å²) in [5, 5.41) is 5.16. The van der Waals surface area contributed by atoms with Gasteiger partial charge >= 0.3 is 0 Å². The van der Waals surface area contributed by atoms with Crippen molar-refractivity contribution in [3.05, 3.63) is 0 Å². The highest BCUT2D eigenvalue weighted by atomic mass is 32.2. The molecule has 2 saturated heterocycles. The summed E-state index contributed by atoms with van der Waals surface area (Å²) in [6, 6.07) is 0. The minimum absolute atomic E-state index is 0.0308. The Bertz CT molecular complexity index is 346. The fourth-order valence-electron chi connectivity index (χ4n) is 2.17. The lowest BCUT2D eigenvalue weighted by molar-refractivity contribution is -0.152. The Morgan fingerprint density at radius 2 is 1.88 bits per heavy atom. The lowest BCUT2D eigenvalue weighted by atomic mass is 9.83. The van der Waals surface area contributed by atoms with Gasteiger partial charge in [-0.2, -0.15) is 0 Å². The second-order valence-corrected chi connectivity index (χ2v) is 6.50. The van der Waals surface area contributed by atoms with Crippen molar-refractivity contribution in [2.75, 3.05) is 38.8 Å². The maximum absolute atomic E-state index is 11.3. The average molecular weight is 265 g/mol. The van der Waals surface area contributed by atoms with Crippen LogP contribution in [0, 0.1) is 5.41 Å². The van der Waals surface area contributed by atoms with Crippen molar-refractivity contribution in [3.8, 4) is 0 Å². The van der Waals surface area contributed by atoms with E-state index in [-0.39, 0.29) is 17.3 Å². The van der Waals surface area contributed by atoms with E-state index in [2.05, 4.69) is 0 Å². The molecule has 2 N–H and O–H groups in total. The van der Waals surface area contributed by atoms with Gasteiger partial charge in [0, 0.05) is 18.6 Å². The number of hydrogen-bond acceptors (Lipinski definition) is 5. The summed E-state index contributed by atoms with van der Waals surface area (Å²) in [4.78, 5) is 0. The van der Waals surface area contributed by atoms with Gasteiger partial charge in [-0.1, -0.05) is 0 Å². The molecule has 2 aliphatic rings. The molecule has 0 saturated carbocycles. The standard InChI is InChI=1S/C10H19NO5S/c11-17(12,13)8-10(1-3-14-4-2-10)7-16-9-5-15-6-9/h9H,1-8H2,(H2,11,12,13). The molecule has 0 atom stereocenters. The van der Waals surface area contributed by atoms with E-state index >= 15 is 0 Å². The lowest BCUT2D eigenvalue weighted by Gasteiger charge is -2.38. The third kappa shape index (κ3) is 3.89. The molecule has 100 valence electrons. The van der Waals surface area contributed by atoms with Crippen LogP contribution in [-0.4, -0.2) is 53.3 Å². The molecule has 0 radical (unpaired) electrons. The number of primary sulfonamides is 1. The van der Waals surface area contributed by atoms with Crippen molar-refractivity contribution in [3.63, 3.8) is 0 Å². The lowest BCUT2D eigenvalue weighted by Crippen LogP contribution is -2.45. The zero-order valence-corrected chi connectivity index (χ0v) is 10.6. The van der Waals surface area contributed by atoms with Crippen molar-refractivity contribution < 1.29 is 22.6 Å². The van der Waals surface area contributed by atoms with Crippen LogP contribution in [0.5, 0.6) is 0 Å². The van der Waals surface area contributed by atoms with E-state index < -0.39 is 10.0 Å². The van der Waals surface area contributed by atoms with Crippen LogP contribution in [0.3, 0.4) is 0 Å². The van der Waals surface area contributed by atoms with Gasteiger partial charge in [0.25, 0.3) is 0 Å². The van der Waals surface area contributed by atoms with Crippen LogP contribution in [0.4, 0.5) is 0 Å². The first-order valence-electron chi connectivity index (χ1n) is 5.77. The summed E-state index contributed by atoms with van der Waals surface area (Å²) in [6.07, 6.45) is 1.46. The summed E-state index contributed by atoms with van der Waals surface area (Å²) >= 11 is 0. The van der Waals surface area contributed by atoms with Crippen molar-refractivity contribution in [2.24, 2.45) is 10.6 Å². The van der Waals surface area contributed by atoms with Gasteiger partial charge in [0.05, 0.1) is 25.6 Å². The van der Waals surface area contributed by atoms with E-state index in [1.807, 2.05) is 0 Å². The second kappa shape index (κ2) is 5.19. The molecular weight excluding hydrogens is 246 g/mol. The highest BCUT2D eigenvalue weighted by Crippen LogP contribution is 2.32. The van der Waals surface area contributed by atoms with Crippen LogP contribution in [0.2, 0.25) is 0 Å². The smallest absolute Gasteiger partial charge is 0.209 e. The molecule has 7 heteroatoms. The zero-order valence-electron chi connectivity index (χ0n) is 9.76. The van der Waals surface area contributed by atoms with E-state index in [0.29, 0.717) is 45.9 Å². The number of sulfonamides is 1. The number of nitrogens with two attached hydrogens (primary N) is 1. The van der Waals surface area contributed by atoms with Gasteiger partial charge < -0.3 is 14.2 Å².